The van der Waals surface area contributed by atoms with Gasteiger partial charge in [-0.2, -0.15) is 0 Å². The van der Waals surface area contributed by atoms with Crippen LogP contribution in [0, 0.1) is 0 Å². The summed E-state index contributed by atoms with van der Waals surface area (Å²) in [5, 5.41) is 0. The SMILES string of the molecule is O=S(=O)(NCCCCN1CCO[C@@H](c2ccccc2)C1)c1ccc(Cl)s1. The van der Waals surface area contributed by atoms with Crippen molar-refractivity contribution in [2.75, 3.05) is 32.8 Å². The predicted octanol–water partition coefficient (Wildman–Crippen LogP) is 3.53. The summed E-state index contributed by atoms with van der Waals surface area (Å²) in [4.78, 5) is 2.38. The van der Waals surface area contributed by atoms with Crippen LogP contribution in [0.2, 0.25) is 4.34 Å². The second-order valence-electron chi connectivity index (χ2n) is 6.23. The molecule has 1 saturated heterocycles. The number of benzene rings is 1. The van der Waals surface area contributed by atoms with Gasteiger partial charge in [0.05, 0.1) is 17.0 Å². The fourth-order valence-electron chi connectivity index (χ4n) is 2.96. The fourth-order valence-corrected chi connectivity index (χ4v) is 5.56. The third-order valence-electron chi connectivity index (χ3n) is 4.33. The van der Waals surface area contributed by atoms with E-state index in [2.05, 4.69) is 21.8 Å². The number of morpholine rings is 1. The van der Waals surface area contributed by atoms with E-state index in [0.29, 0.717) is 10.9 Å². The zero-order chi connectivity index (χ0) is 18.4. The minimum absolute atomic E-state index is 0.118. The molecule has 0 saturated carbocycles. The average molecular weight is 415 g/mol. The van der Waals surface area contributed by atoms with Crippen LogP contribution in [-0.2, 0) is 14.8 Å². The molecule has 2 heterocycles. The van der Waals surface area contributed by atoms with Crippen LogP contribution in [0.25, 0.3) is 0 Å². The lowest BCUT2D eigenvalue weighted by Gasteiger charge is -2.33. The van der Waals surface area contributed by atoms with E-state index >= 15 is 0 Å². The van der Waals surface area contributed by atoms with E-state index in [4.69, 9.17) is 16.3 Å². The second kappa shape index (κ2) is 9.30. The van der Waals surface area contributed by atoms with Crippen molar-refractivity contribution in [3.8, 4) is 0 Å². The number of sulfonamides is 1. The monoisotopic (exact) mass is 414 g/mol. The zero-order valence-electron chi connectivity index (χ0n) is 14.4. The lowest BCUT2D eigenvalue weighted by Crippen LogP contribution is -2.39. The summed E-state index contributed by atoms with van der Waals surface area (Å²) in [6, 6.07) is 13.4. The molecule has 26 heavy (non-hydrogen) atoms. The Bertz CT molecular complexity index is 796. The van der Waals surface area contributed by atoms with Gasteiger partial charge in [0, 0.05) is 19.6 Å². The van der Waals surface area contributed by atoms with Gasteiger partial charge in [0.15, 0.2) is 0 Å². The third kappa shape index (κ3) is 5.52. The van der Waals surface area contributed by atoms with Gasteiger partial charge in [-0.1, -0.05) is 41.9 Å². The summed E-state index contributed by atoms with van der Waals surface area (Å²) in [5.41, 5.74) is 1.21. The molecule has 1 aromatic carbocycles. The summed E-state index contributed by atoms with van der Waals surface area (Å²) in [6.45, 7) is 3.90. The van der Waals surface area contributed by atoms with E-state index in [1.807, 2.05) is 18.2 Å². The van der Waals surface area contributed by atoms with Crippen molar-refractivity contribution in [2.45, 2.75) is 23.2 Å². The number of nitrogens with one attached hydrogen (secondary N) is 1. The second-order valence-corrected chi connectivity index (χ2v) is 9.94. The molecule has 0 radical (unpaired) electrons. The average Bonchev–Trinajstić information content (AvgIpc) is 3.10. The Kier molecular flexibility index (Phi) is 7.08. The van der Waals surface area contributed by atoms with Crippen molar-refractivity contribution in [1.82, 2.24) is 9.62 Å². The predicted molar refractivity (Wildman–Crippen MR) is 105 cm³/mol. The molecule has 0 spiro atoms. The van der Waals surface area contributed by atoms with Crippen molar-refractivity contribution >= 4 is 33.0 Å². The maximum atomic E-state index is 12.1. The Balaban J connectivity index is 1.38. The van der Waals surface area contributed by atoms with Crippen molar-refractivity contribution in [3.05, 3.63) is 52.4 Å². The molecule has 0 aliphatic carbocycles. The van der Waals surface area contributed by atoms with Gasteiger partial charge in [0.1, 0.15) is 4.21 Å². The highest BCUT2D eigenvalue weighted by Crippen LogP contribution is 2.25. The van der Waals surface area contributed by atoms with E-state index in [-0.39, 0.29) is 10.3 Å². The molecule has 8 heteroatoms. The summed E-state index contributed by atoms with van der Waals surface area (Å²) < 4.78 is 33.5. The van der Waals surface area contributed by atoms with Crippen LogP contribution in [0.5, 0.6) is 0 Å². The molecule has 142 valence electrons. The van der Waals surface area contributed by atoms with Gasteiger partial charge in [0.2, 0.25) is 10.0 Å². The first-order valence-electron chi connectivity index (χ1n) is 8.68. The molecule has 1 atom stereocenters. The molecule has 0 amide bonds. The molecule has 3 rings (SSSR count). The minimum atomic E-state index is -3.44. The van der Waals surface area contributed by atoms with Gasteiger partial charge in [-0.3, -0.25) is 4.90 Å². The number of halogens is 1. The molecular weight excluding hydrogens is 392 g/mol. The topological polar surface area (TPSA) is 58.6 Å². The van der Waals surface area contributed by atoms with Gasteiger partial charge >= 0.3 is 0 Å². The van der Waals surface area contributed by atoms with Crippen LogP contribution in [0.4, 0.5) is 0 Å². The highest BCUT2D eigenvalue weighted by Gasteiger charge is 2.21. The van der Waals surface area contributed by atoms with Crippen molar-refractivity contribution in [2.24, 2.45) is 0 Å². The zero-order valence-corrected chi connectivity index (χ0v) is 16.8. The van der Waals surface area contributed by atoms with Crippen LogP contribution in [0.15, 0.2) is 46.7 Å². The Morgan fingerprint density at radius 1 is 1.19 bits per heavy atom. The van der Waals surface area contributed by atoms with Gasteiger partial charge in [-0.05, 0) is 37.1 Å². The molecule has 0 unspecified atom stereocenters. The van der Waals surface area contributed by atoms with E-state index in [1.165, 1.54) is 11.6 Å². The van der Waals surface area contributed by atoms with E-state index in [1.54, 1.807) is 6.07 Å². The Morgan fingerprint density at radius 2 is 2.00 bits per heavy atom. The molecule has 5 nitrogen and oxygen atoms in total. The van der Waals surface area contributed by atoms with E-state index in [9.17, 15) is 8.42 Å². The number of nitrogens with zero attached hydrogens (tertiary/aromatic N) is 1. The quantitative estimate of drug-likeness (QED) is 0.671. The molecule has 2 aromatic rings. The van der Waals surface area contributed by atoms with Crippen LogP contribution in [0.3, 0.4) is 0 Å². The molecule has 1 aliphatic rings. The van der Waals surface area contributed by atoms with Crippen LogP contribution in [0.1, 0.15) is 24.5 Å². The smallest absolute Gasteiger partial charge is 0.250 e. The van der Waals surface area contributed by atoms with Gasteiger partial charge in [-0.15, -0.1) is 11.3 Å². The third-order valence-corrected chi connectivity index (χ3v) is 7.51. The molecule has 1 aromatic heterocycles. The van der Waals surface area contributed by atoms with Gasteiger partial charge < -0.3 is 4.74 Å². The lowest BCUT2D eigenvalue weighted by molar-refractivity contribution is -0.0303. The summed E-state index contributed by atoms with van der Waals surface area (Å²) in [7, 11) is -3.44. The fraction of sp³-hybridized carbons (Fsp3) is 0.444. The Hall–Kier alpha value is -0.960. The molecular formula is C18H23ClN2O3S2. The standard InChI is InChI=1S/C18H23ClN2O3S2/c19-17-8-9-18(25-17)26(22,23)20-10-4-5-11-21-12-13-24-16(14-21)15-6-2-1-3-7-15/h1-3,6-9,16,20H,4-5,10-14H2/t16-/m1/s1. The first-order valence-corrected chi connectivity index (χ1v) is 11.4. The molecule has 0 bridgehead atoms. The van der Waals surface area contributed by atoms with Crippen molar-refractivity contribution in [3.63, 3.8) is 0 Å². The largest absolute Gasteiger partial charge is 0.371 e. The number of hydrogen-bond donors (Lipinski definition) is 1. The maximum Gasteiger partial charge on any atom is 0.250 e. The number of ether oxygens (including phenoxy) is 1. The lowest BCUT2D eigenvalue weighted by atomic mass is 10.1. The highest BCUT2D eigenvalue weighted by atomic mass is 35.5. The number of rotatable bonds is 8. The molecule has 1 N–H and O–H groups in total. The first kappa shape index (κ1) is 19.8. The van der Waals surface area contributed by atoms with Gasteiger partial charge in [-0.25, -0.2) is 13.1 Å². The van der Waals surface area contributed by atoms with Crippen LogP contribution < -0.4 is 4.72 Å². The normalized spacial score (nSPS) is 18.9. The van der Waals surface area contributed by atoms with E-state index in [0.717, 1.165) is 50.4 Å². The van der Waals surface area contributed by atoms with Crippen LogP contribution >= 0.6 is 22.9 Å². The van der Waals surface area contributed by atoms with E-state index < -0.39 is 10.0 Å². The Labute approximate surface area is 164 Å². The first-order chi connectivity index (χ1) is 12.5. The number of hydrogen-bond acceptors (Lipinski definition) is 5. The van der Waals surface area contributed by atoms with Crippen molar-refractivity contribution < 1.29 is 13.2 Å². The minimum Gasteiger partial charge on any atom is -0.371 e. The molecule has 1 fully saturated rings. The highest BCUT2D eigenvalue weighted by molar-refractivity contribution is 7.91. The molecule has 1 aliphatic heterocycles. The number of thiophene rings is 1. The Morgan fingerprint density at radius 3 is 2.73 bits per heavy atom. The van der Waals surface area contributed by atoms with Gasteiger partial charge in [0.25, 0.3) is 0 Å². The van der Waals surface area contributed by atoms with Crippen LogP contribution in [-0.4, -0.2) is 46.1 Å². The summed E-state index contributed by atoms with van der Waals surface area (Å²) in [5.74, 6) is 0. The summed E-state index contributed by atoms with van der Waals surface area (Å²) in [6.07, 6.45) is 1.85. The summed E-state index contributed by atoms with van der Waals surface area (Å²) >= 11 is 6.87. The van der Waals surface area contributed by atoms with Crippen molar-refractivity contribution in [1.29, 1.82) is 0 Å². The maximum absolute atomic E-state index is 12.1. The number of unbranched alkanes of at least 4 members (excludes halogenated alkanes) is 1.